The van der Waals surface area contributed by atoms with Gasteiger partial charge in [-0.05, 0) is 45.6 Å². The second-order valence-corrected chi connectivity index (χ2v) is 6.04. The summed E-state index contributed by atoms with van der Waals surface area (Å²) in [5.41, 5.74) is 1.28. The number of nitrogens with zero attached hydrogens (tertiary/aromatic N) is 1. The van der Waals surface area contributed by atoms with Crippen molar-refractivity contribution in [3.8, 4) is 0 Å². The number of carbonyl (C=O) groups excluding carboxylic acids is 1. The molecule has 5 heteroatoms. The SMILES string of the molecule is O=C(Nc1ccc(Br)c2ccccc12)c1cccnc1Br. The number of benzene rings is 2. The van der Waals surface area contributed by atoms with Crippen LogP contribution < -0.4 is 5.32 Å². The van der Waals surface area contributed by atoms with Crippen LogP contribution in [0.2, 0.25) is 0 Å². The number of halogens is 2. The molecule has 0 saturated carbocycles. The average Bonchev–Trinajstić information content (AvgIpc) is 2.51. The summed E-state index contributed by atoms with van der Waals surface area (Å²) >= 11 is 6.82. The van der Waals surface area contributed by atoms with Crippen LogP contribution in [-0.2, 0) is 0 Å². The summed E-state index contributed by atoms with van der Waals surface area (Å²) in [6.07, 6.45) is 1.63. The van der Waals surface area contributed by atoms with E-state index in [1.54, 1.807) is 18.3 Å². The van der Waals surface area contributed by atoms with E-state index in [9.17, 15) is 4.79 Å². The number of rotatable bonds is 2. The largest absolute Gasteiger partial charge is 0.321 e. The number of hydrogen-bond donors (Lipinski definition) is 1. The van der Waals surface area contributed by atoms with Gasteiger partial charge in [-0.25, -0.2) is 4.98 Å². The van der Waals surface area contributed by atoms with Crippen LogP contribution in [0.25, 0.3) is 10.8 Å². The van der Waals surface area contributed by atoms with Gasteiger partial charge in [-0.3, -0.25) is 4.79 Å². The van der Waals surface area contributed by atoms with Gasteiger partial charge in [0.15, 0.2) is 0 Å². The molecule has 0 bridgehead atoms. The number of aromatic nitrogens is 1. The maximum atomic E-state index is 12.4. The summed E-state index contributed by atoms with van der Waals surface area (Å²) in [5, 5.41) is 4.98. The Bertz CT molecular complexity index is 833. The van der Waals surface area contributed by atoms with E-state index in [1.807, 2.05) is 36.4 Å². The molecule has 0 aliphatic rings. The molecule has 1 N–H and O–H groups in total. The molecule has 2 aromatic carbocycles. The first-order valence-electron chi connectivity index (χ1n) is 6.26. The van der Waals surface area contributed by atoms with Crippen molar-refractivity contribution >= 4 is 54.2 Å². The molecule has 21 heavy (non-hydrogen) atoms. The van der Waals surface area contributed by atoms with E-state index in [0.29, 0.717) is 10.2 Å². The quantitative estimate of drug-likeness (QED) is 0.608. The van der Waals surface area contributed by atoms with Gasteiger partial charge in [-0.15, -0.1) is 0 Å². The maximum Gasteiger partial charge on any atom is 0.258 e. The fraction of sp³-hybridized carbons (Fsp3) is 0. The molecule has 1 amide bonds. The normalized spacial score (nSPS) is 10.6. The van der Waals surface area contributed by atoms with Crippen LogP contribution in [0, 0.1) is 0 Å². The van der Waals surface area contributed by atoms with Crippen LogP contribution in [-0.4, -0.2) is 10.9 Å². The summed E-state index contributed by atoms with van der Waals surface area (Å²) in [4.78, 5) is 16.4. The average molecular weight is 406 g/mol. The lowest BCUT2D eigenvalue weighted by Crippen LogP contribution is -2.13. The van der Waals surface area contributed by atoms with Crippen molar-refractivity contribution in [1.82, 2.24) is 4.98 Å². The Morgan fingerprint density at radius 3 is 2.48 bits per heavy atom. The van der Waals surface area contributed by atoms with Crippen LogP contribution in [0.4, 0.5) is 5.69 Å². The van der Waals surface area contributed by atoms with Gasteiger partial charge in [0.1, 0.15) is 4.60 Å². The van der Waals surface area contributed by atoms with Gasteiger partial charge >= 0.3 is 0 Å². The minimum absolute atomic E-state index is 0.192. The van der Waals surface area contributed by atoms with Crippen LogP contribution in [0.15, 0.2) is 63.8 Å². The van der Waals surface area contributed by atoms with Gasteiger partial charge in [0.2, 0.25) is 0 Å². The Morgan fingerprint density at radius 2 is 1.71 bits per heavy atom. The molecule has 0 aliphatic heterocycles. The number of nitrogens with one attached hydrogen (secondary N) is 1. The molecule has 0 fully saturated rings. The highest BCUT2D eigenvalue weighted by molar-refractivity contribution is 9.10. The molecule has 104 valence electrons. The Kier molecular flexibility index (Phi) is 4.03. The van der Waals surface area contributed by atoms with Crippen LogP contribution >= 0.6 is 31.9 Å². The van der Waals surface area contributed by atoms with E-state index in [4.69, 9.17) is 0 Å². The van der Waals surface area contributed by atoms with Gasteiger partial charge < -0.3 is 5.32 Å². The zero-order chi connectivity index (χ0) is 14.8. The molecule has 0 radical (unpaired) electrons. The summed E-state index contributed by atoms with van der Waals surface area (Å²) < 4.78 is 1.53. The van der Waals surface area contributed by atoms with Gasteiger partial charge in [0, 0.05) is 21.7 Å². The molecule has 0 unspecified atom stereocenters. The fourth-order valence-corrected chi connectivity index (χ4v) is 3.02. The second kappa shape index (κ2) is 5.95. The third-order valence-electron chi connectivity index (χ3n) is 3.12. The molecule has 3 aromatic rings. The highest BCUT2D eigenvalue weighted by Gasteiger charge is 2.12. The third kappa shape index (κ3) is 2.84. The van der Waals surface area contributed by atoms with Crippen LogP contribution in [0.1, 0.15) is 10.4 Å². The van der Waals surface area contributed by atoms with Gasteiger partial charge in [0.25, 0.3) is 5.91 Å². The van der Waals surface area contributed by atoms with Gasteiger partial charge in [-0.1, -0.05) is 40.2 Å². The van der Waals surface area contributed by atoms with Crippen LogP contribution in [0.3, 0.4) is 0 Å². The number of pyridine rings is 1. The number of amides is 1. The lowest BCUT2D eigenvalue weighted by atomic mass is 10.1. The zero-order valence-electron chi connectivity index (χ0n) is 10.8. The highest BCUT2D eigenvalue weighted by Crippen LogP contribution is 2.30. The first kappa shape index (κ1) is 14.2. The topological polar surface area (TPSA) is 42.0 Å². The predicted octanol–water partition coefficient (Wildman–Crippen LogP) is 5.01. The zero-order valence-corrected chi connectivity index (χ0v) is 14.0. The van der Waals surface area contributed by atoms with Crippen molar-refractivity contribution in [2.75, 3.05) is 5.32 Å². The molecule has 0 atom stereocenters. The minimum Gasteiger partial charge on any atom is -0.321 e. The predicted molar refractivity (Wildman–Crippen MR) is 91.5 cm³/mol. The van der Waals surface area contributed by atoms with Crippen molar-refractivity contribution in [3.05, 3.63) is 69.4 Å². The number of carbonyl (C=O) groups is 1. The molecule has 1 aromatic heterocycles. The first-order valence-corrected chi connectivity index (χ1v) is 7.84. The second-order valence-electron chi connectivity index (χ2n) is 4.44. The number of anilines is 1. The standard InChI is InChI=1S/C16H10Br2N2O/c17-13-7-8-14(11-5-2-1-4-10(11)13)20-16(21)12-6-3-9-19-15(12)18/h1-9H,(H,20,21). The summed E-state index contributed by atoms with van der Waals surface area (Å²) in [6, 6.07) is 15.2. The molecule has 3 rings (SSSR count). The van der Waals surface area contributed by atoms with E-state index >= 15 is 0 Å². The maximum absolute atomic E-state index is 12.4. The Hall–Kier alpha value is -1.72. The van der Waals surface area contributed by atoms with Crippen molar-refractivity contribution in [2.45, 2.75) is 0 Å². The van der Waals surface area contributed by atoms with E-state index in [0.717, 1.165) is 20.9 Å². The summed E-state index contributed by atoms with van der Waals surface area (Å²) in [6.45, 7) is 0. The van der Waals surface area contributed by atoms with Crippen molar-refractivity contribution in [2.24, 2.45) is 0 Å². The van der Waals surface area contributed by atoms with E-state index in [2.05, 4.69) is 42.2 Å². The number of hydrogen-bond acceptors (Lipinski definition) is 2. The fourth-order valence-electron chi connectivity index (χ4n) is 2.12. The van der Waals surface area contributed by atoms with Crippen LogP contribution in [0.5, 0.6) is 0 Å². The molecule has 0 aliphatic carbocycles. The molecular weight excluding hydrogens is 396 g/mol. The van der Waals surface area contributed by atoms with E-state index in [-0.39, 0.29) is 5.91 Å². The molecule has 0 saturated heterocycles. The molecule has 0 spiro atoms. The molecule has 1 heterocycles. The lowest BCUT2D eigenvalue weighted by molar-refractivity contribution is 0.102. The van der Waals surface area contributed by atoms with Crippen molar-refractivity contribution < 1.29 is 4.79 Å². The summed E-state index contributed by atoms with van der Waals surface area (Å²) in [5.74, 6) is -0.192. The monoisotopic (exact) mass is 404 g/mol. The molecule has 3 nitrogen and oxygen atoms in total. The minimum atomic E-state index is -0.192. The Labute approximate surface area is 138 Å². The van der Waals surface area contributed by atoms with E-state index in [1.165, 1.54) is 0 Å². The van der Waals surface area contributed by atoms with E-state index < -0.39 is 0 Å². The van der Waals surface area contributed by atoms with Crippen molar-refractivity contribution in [1.29, 1.82) is 0 Å². The number of fused-ring (bicyclic) bond motifs is 1. The smallest absolute Gasteiger partial charge is 0.258 e. The highest BCUT2D eigenvalue weighted by atomic mass is 79.9. The van der Waals surface area contributed by atoms with Gasteiger partial charge in [-0.2, -0.15) is 0 Å². The third-order valence-corrected chi connectivity index (χ3v) is 4.45. The molecular formula is C16H10Br2N2O. The van der Waals surface area contributed by atoms with Gasteiger partial charge in [0.05, 0.1) is 5.56 Å². The summed E-state index contributed by atoms with van der Waals surface area (Å²) in [7, 11) is 0. The lowest BCUT2D eigenvalue weighted by Gasteiger charge is -2.10. The Morgan fingerprint density at radius 1 is 0.952 bits per heavy atom. The van der Waals surface area contributed by atoms with Crippen molar-refractivity contribution in [3.63, 3.8) is 0 Å². The Balaban J connectivity index is 2.01. The first-order chi connectivity index (χ1) is 10.2.